The Kier molecular flexibility index (Phi) is 5.70. The fraction of sp³-hybridized carbons (Fsp3) is 0.588. The maximum Gasteiger partial charge on any atom is 0.166 e. The van der Waals surface area contributed by atoms with Gasteiger partial charge >= 0.3 is 0 Å². The molecule has 2 aliphatic rings. The minimum Gasteiger partial charge on any atom is -0.497 e. The van der Waals surface area contributed by atoms with Gasteiger partial charge in [0.15, 0.2) is 5.11 Å². The highest BCUT2D eigenvalue weighted by Crippen LogP contribution is 2.18. The molecule has 3 N–H and O–H groups in total. The normalized spacial score (nSPS) is 19.9. The fourth-order valence-corrected chi connectivity index (χ4v) is 3.23. The SMILES string of the molecule is COc1ccc([C@@H](CNC(=S)NC2CC2)[NH+]2CCOCC2)cc1. The summed E-state index contributed by atoms with van der Waals surface area (Å²) in [6.45, 7) is 4.54. The van der Waals surface area contributed by atoms with Crippen LogP contribution in [0.5, 0.6) is 5.75 Å². The molecule has 1 aliphatic heterocycles. The molecule has 1 saturated carbocycles. The molecule has 3 rings (SSSR count). The molecule has 5 nitrogen and oxygen atoms in total. The van der Waals surface area contributed by atoms with Crippen molar-refractivity contribution in [1.82, 2.24) is 10.6 Å². The van der Waals surface area contributed by atoms with Gasteiger partial charge < -0.3 is 25.0 Å². The lowest BCUT2D eigenvalue weighted by Gasteiger charge is -2.32. The van der Waals surface area contributed by atoms with Crippen molar-refractivity contribution >= 4 is 17.3 Å². The fourth-order valence-electron chi connectivity index (χ4n) is 2.98. The van der Waals surface area contributed by atoms with Gasteiger partial charge in [0.1, 0.15) is 24.9 Å². The minimum absolute atomic E-state index is 0.365. The zero-order valence-electron chi connectivity index (χ0n) is 13.6. The Balaban J connectivity index is 1.65. The number of thiocarbonyl (C=S) groups is 1. The monoisotopic (exact) mass is 336 g/mol. The number of nitrogens with one attached hydrogen (secondary N) is 3. The third-order valence-corrected chi connectivity index (χ3v) is 4.79. The van der Waals surface area contributed by atoms with Gasteiger partial charge in [-0.25, -0.2) is 0 Å². The second-order valence-electron chi connectivity index (χ2n) is 6.23. The molecular weight excluding hydrogens is 310 g/mol. The highest BCUT2D eigenvalue weighted by atomic mass is 32.1. The number of quaternary nitrogens is 1. The summed E-state index contributed by atoms with van der Waals surface area (Å²) < 4.78 is 10.8. The van der Waals surface area contributed by atoms with Crippen LogP contribution in [-0.4, -0.2) is 51.1 Å². The van der Waals surface area contributed by atoms with Gasteiger partial charge in [-0.05, 0) is 49.3 Å². The van der Waals surface area contributed by atoms with Crippen molar-refractivity contribution in [1.29, 1.82) is 0 Å². The van der Waals surface area contributed by atoms with Gasteiger partial charge in [0.2, 0.25) is 0 Å². The lowest BCUT2D eigenvalue weighted by Crippen LogP contribution is -3.15. The molecule has 2 fully saturated rings. The number of hydrogen-bond acceptors (Lipinski definition) is 3. The average Bonchev–Trinajstić information content (AvgIpc) is 3.40. The number of methoxy groups -OCH3 is 1. The third kappa shape index (κ3) is 4.80. The van der Waals surface area contributed by atoms with Crippen molar-refractivity contribution in [3.63, 3.8) is 0 Å². The molecule has 0 spiro atoms. The number of ether oxygens (including phenoxy) is 2. The van der Waals surface area contributed by atoms with Gasteiger partial charge in [-0.15, -0.1) is 0 Å². The highest BCUT2D eigenvalue weighted by Gasteiger charge is 2.27. The van der Waals surface area contributed by atoms with E-state index in [2.05, 4.69) is 22.8 Å². The van der Waals surface area contributed by atoms with Crippen molar-refractivity contribution in [3.05, 3.63) is 29.8 Å². The summed E-state index contributed by atoms with van der Waals surface area (Å²) >= 11 is 5.40. The topological polar surface area (TPSA) is 47.0 Å². The second kappa shape index (κ2) is 7.95. The first-order chi connectivity index (χ1) is 11.3. The zero-order chi connectivity index (χ0) is 16.1. The summed E-state index contributed by atoms with van der Waals surface area (Å²) in [6.07, 6.45) is 2.47. The Hall–Kier alpha value is -1.37. The second-order valence-corrected chi connectivity index (χ2v) is 6.63. The van der Waals surface area contributed by atoms with Crippen LogP contribution in [0.3, 0.4) is 0 Å². The van der Waals surface area contributed by atoms with E-state index in [1.165, 1.54) is 18.4 Å². The molecule has 126 valence electrons. The number of morpholine rings is 1. The van der Waals surface area contributed by atoms with E-state index in [-0.39, 0.29) is 0 Å². The van der Waals surface area contributed by atoms with Gasteiger partial charge in [-0.2, -0.15) is 0 Å². The van der Waals surface area contributed by atoms with Crippen LogP contribution in [0, 0.1) is 0 Å². The van der Waals surface area contributed by atoms with E-state index in [4.69, 9.17) is 21.7 Å². The summed E-state index contributed by atoms with van der Waals surface area (Å²) in [6, 6.07) is 9.33. The lowest BCUT2D eigenvalue weighted by molar-refractivity contribution is -0.937. The van der Waals surface area contributed by atoms with Gasteiger partial charge in [0, 0.05) is 11.6 Å². The lowest BCUT2D eigenvalue weighted by atomic mass is 10.0. The van der Waals surface area contributed by atoms with Crippen LogP contribution in [0.25, 0.3) is 0 Å². The van der Waals surface area contributed by atoms with Crippen LogP contribution >= 0.6 is 12.2 Å². The van der Waals surface area contributed by atoms with E-state index in [9.17, 15) is 0 Å². The first-order valence-corrected chi connectivity index (χ1v) is 8.77. The summed E-state index contributed by atoms with van der Waals surface area (Å²) in [4.78, 5) is 1.54. The molecule has 23 heavy (non-hydrogen) atoms. The van der Waals surface area contributed by atoms with Crippen molar-refractivity contribution < 1.29 is 14.4 Å². The molecule has 0 aromatic heterocycles. The largest absolute Gasteiger partial charge is 0.497 e. The van der Waals surface area contributed by atoms with Crippen molar-refractivity contribution in [3.8, 4) is 5.75 Å². The Morgan fingerprint density at radius 1 is 1.30 bits per heavy atom. The van der Waals surface area contributed by atoms with Crippen molar-refractivity contribution in [2.45, 2.75) is 24.9 Å². The molecule has 1 aromatic rings. The van der Waals surface area contributed by atoms with Crippen LogP contribution in [-0.2, 0) is 4.74 Å². The average molecular weight is 336 g/mol. The summed E-state index contributed by atoms with van der Waals surface area (Å²) in [5.41, 5.74) is 1.31. The molecule has 0 unspecified atom stereocenters. The zero-order valence-corrected chi connectivity index (χ0v) is 14.5. The molecule has 0 amide bonds. The molecule has 1 saturated heterocycles. The molecule has 1 aromatic carbocycles. The molecule has 0 bridgehead atoms. The minimum atomic E-state index is 0.365. The highest BCUT2D eigenvalue weighted by molar-refractivity contribution is 7.80. The van der Waals surface area contributed by atoms with E-state index >= 15 is 0 Å². The smallest absolute Gasteiger partial charge is 0.166 e. The predicted molar refractivity (Wildman–Crippen MR) is 94.0 cm³/mol. The Bertz CT molecular complexity index is 513. The molecular formula is C17H26N3O2S+. The summed E-state index contributed by atoms with van der Waals surface area (Å²) in [5.74, 6) is 0.892. The number of rotatable bonds is 6. The molecule has 1 atom stereocenters. The standard InChI is InChI=1S/C17H25N3O2S/c1-21-15-6-2-13(3-7-15)16(20-8-10-22-11-9-20)12-18-17(23)19-14-4-5-14/h2-3,6-7,14,16H,4-5,8-12H2,1H3,(H2,18,19,23)/p+1/t16-/m1/s1. The summed E-state index contributed by atoms with van der Waals surface area (Å²) in [7, 11) is 1.70. The van der Waals surface area contributed by atoms with Crippen LogP contribution in [0.1, 0.15) is 24.4 Å². The Morgan fingerprint density at radius 3 is 2.61 bits per heavy atom. The van der Waals surface area contributed by atoms with E-state index in [1.54, 1.807) is 12.0 Å². The molecule has 0 radical (unpaired) electrons. The first kappa shape index (κ1) is 16.5. The van der Waals surface area contributed by atoms with Crippen LogP contribution in [0.4, 0.5) is 0 Å². The maximum absolute atomic E-state index is 5.51. The van der Waals surface area contributed by atoms with Crippen molar-refractivity contribution in [2.24, 2.45) is 0 Å². The van der Waals surface area contributed by atoms with E-state index in [0.29, 0.717) is 12.1 Å². The maximum atomic E-state index is 5.51. The van der Waals surface area contributed by atoms with Crippen molar-refractivity contribution in [2.75, 3.05) is 40.0 Å². The Morgan fingerprint density at radius 2 is 2.00 bits per heavy atom. The third-order valence-electron chi connectivity index (χ3n) is 4.53. The van der Waals surface area contributed by atoms with Gasteiger partial charge in [-0.3, -0.25) is 0 Å². The van der Waals surface area contributed by atoms with Crippen LogP contribution in [0.2, 0.25) is 0 Å². The number of benzene rings is 1. The summed E-state index contributed by atoms with van der Waals surface area (Å²) in [5, 5.41) is 7.53. The molecule has 1 heterocycles. The Labute approximate surface area is 143 Å². The first-order valence-electron chi connectivity index (χ1n) is 8.37. The quantitative estimate of drug-likeness (QED) is 0.652. The van der Waals surface area contributed by atoms with E-state index < -0.39 is 0 Å². The number of hydrogen-bond donors (Lipinski definition) is 3. The molecule has 6 heteroatoms. The van der Waals surface area contributed by atoms with Crippen LogP contribution in [0.15, 0.2) is 24.3 Å². The van der Waals surface area contributed by atoms with Gasteiger partial charge in [0.05, 0.1) is 26.9 Å². The van der Waals surface area contributed by atoms with E-state index in [1.807, 2.05) is 12.1 Å². The van der Waals surface area contributed by atoms with Crippen LogP contribution < -0.4 is 20.3 Å². The van der Waals surface area contributed by atoms with E-state index in [0.717, 1.165) is 43.7 Å². The molecule has 1 aliphatic carbocycles. The van der Waals surface area contributed by atoms with Gasteiger partial charge in [-0.1, -0.05) is 0 Å². The van der Waals surface area contributed by atoms with Gasteiger partial charge in [0.25, 0.3) is 0 Å². The predicted octanol–water partition coefficient (Wildman–Crippen LogP) is 0.278.